The molecule has 0 rings (SSSR count). The van der Waals surface area contributed by atoms with Crippen LogP contribution in [0, 0.1) is 0 Å². The van der Waals surface area contributed by atoms with E-state index in [1.807, 2.05) is 0 Å². The molecular formula is C3H8Na4O9P2S. The maximum Gasteiger partial charge on any atom is 1.00 e. The largest absolute Gasteiger partial charge is 1.00 e. The van der Waals surface area contributed by atoms with Crippen LogP contribution in [0.4, 0.5) is 0 Å². The van der Waals surface area contributed by atoms with E-state index in [9.17, 15) is 28.7 Å². The molecule has 0 aromatic rings. The molecule has 0 aromatic heterocycles. The van der Waals surface area contributed by atoms with Gasteiger partial charge in [-0.25, -0.2) is 0 Å². The van der Waals surface area contributed by atoms with Gasteiger partial charge in [0, 0.05) is 0 Å². The third kappa shape index (κ3) is 60.7. The zero-order valence-electron chi connectivity index (χ0n) is 11.2. The fraction of sp³-hybridized carbons (Fsp3) is 1.00. The van der Waals surface area contributed by atoms with Crippen LogP contribution in [-0.4, -0.2) is 25.6 Å². The van der Waals surface area contributed by atoms with E-state index >= 15 is 0 Å². The molecule has 0 aromatic carbocycles. The third-order valence-corrected chi connectivity index (χ3v) is 2.59. The molecule has 19 heavy (non-hydrogen) atoms. The minimum Gasteiger partial charge on any atom is -0.811 e. The topological polar surface area (TPSA) is 184 Å². The summed E-state index contributed by atoms with van der Waals surface area (Å²) in [7, 11) is -9.30. The van der Waals surface area contributed by atoms with Gasteiger partial charge in [0.15, 0.2) is 0 Å². The molecule has 0 fully saturated rings. The molecule has 0 saturated carbocycles. The van der Waals surface area contributed by atoms with Gasteiger partial charge in [-0.1, -0.05) is 15.2 Å². The molecule has 2 N–H and O–H groups in total. The van der Waals surface area contributed by atoms with Gasteiger partial charge in [0.2, 0.25) is 0 Å². The normalized spacial score (nSPS) is 9.63. The maximum absolute atomic E-state index is 9.90. The van der Waals surface area contributed by atoms with Gasteiger partial charge < -0.3 is 28.7 Å². The van der Waals surface area contributed by atoms with Crippen LogP contribution in [0.15, 0.2) is 0 Å². The first-order valence-corrected chi connectivity index (χ1v) is 7.78. The molecule has 94 valence electrons. The van der Waals surface area contributed by atoms with Crippen molar-refractivity contribution in [2.45, 2.75) is 6.42 Å². The first kappa shape index (κ1) is 38.8. The average Bonchev–Trinajstić information content (AvgIpc) is 1.77. The molecule has 0 unspecified atom stereocenters. The van der Waals surface area contributed by atoms with Crippen LogP contribution in [-0.2, 0) is 20.5 Å². The third-order valence-electron chi connectivity index (χ3n) is 0.864. The number of rotatable bonds is 4. The van der Waals surface area contributed by atoms with Crippen LogP contribution in [0.3, 0.4) is 0 Å². The SMILES string of the molecule is O=P([O-])([O-])CCCP(=O)([O-])[O-].O=S(O)O.[Na+].[Na+].[Na+].[Na+]. The zero-order chi connectivity index (χ0) is 12.7. The summed E-state index contributed by atoms with van der Waals surface area (Å²) < 4.78 is 42.6. The van der Waals surface area contributed by atoms with Crippen LogP contribution in [0.2, 0.25) is 0 Å². The van der Waals surface area contributed by atoms with Gasteiger partial charge >= 0.3 is 118 Å². The molecule has 16 heteroatoms. The van der Waals surface area contributed by atoms with Crippen molar-refractivity contribution in [2.24, 2.45) is 0 Å². The van der Waals surface area contributed by atoms with E-state index in [1.165, 1.54) is 0 Å². The predicted octanol–water partition coefficient (Wildman–Crippen LogP) is -15.1. The summed E-state index contributed by atoms with van der Waals surface area (Å²) in [5, 5.41) is 0. The molecule has 9 nitrogen and oxygen atoms in total. The molecule has 0 aliphatic carbocycles. The molecule has 0 saturated heterocycles. The monoisotopic (exact) mass is 374 g/mol. The summed E-state index contributed by atoms with van der Waals surface area (Å²) in [4.78, 5) is 39.6. The Balaban J connectivity index is -0.0000000471. The smallest absolute Gasteiger partial charge is 0.811 e. The van der Waals surface area contributed by atoms with E-state index in [2.05, 4.69) is 0 Å². The van der Waals surface area contributed by atoms with Crippen LogP contribution in [0.25, 0.3) is 0 Å². The Labute approximate surface area is 202 Å². The van der Waals surface area contributed by atoms with Crippen molar-refractivity contribution in [1.82, 2.24) is 0 Å². The Kier molecular flexibility index (Phi) is 41.6. The molecule has 0 bridgehead atoms. The average molecular weight is 374 g/mol. The Morgan fingerprint density at radius 1 is 0.789 bits per heavy atom. The minimum atomic E-state index is -4.65. The molecule has 0 atom stereocenters. The second kappa shape index (κ2) is 20.4. The minimum absolute atomic E-state index is 0. The molecule has 0 heterocycles. The second-order valence-electron chi connectivity index (χ2n) is 2.25. The van der Waals surface area contributed by atoms with Gasteiger partial charge in [-0.05, 0) is 18.7 Å². The van der Waals surface area contributed by atoms with Gasteiger partial charge in [0.1, 0.15) is 0 Å². The van der Waals surface area contributed by atoms with E-state index in [4.69, 9.17) is 13.3 Å². The van der Waals surface area contributed by atoms with Crippen molar-refractivity contribution < 1.29 is 160 Å². The molecule has 0 spiro atoms. The quantitative estimate of drug-likeness (QED) is 0.274. The van der Waals surface area contributed by atoms with Crippen molar-refractivity contribution in [3.63, 3.8) is 0 Å². The summed E-state index contributed by atoms with van der Waals surface area (Å²) in [6, 6.07) is 0. The zero-order valence-corrected chi connectivity index (χ0v) is 21.8. The molecule has 0 amide bonds. The van der Waals surface area contributed by atoms with Crippen LogP contribution in [0.1, 0.15) is 6.42 Å². The summed E-state index contributed by atoms with van der Waals surface area (Å²) in [6.07, 6.45) is -1.96. The summed E-state index contributed by atoms with van der Waals surface area (Å²) >= 11 is -2.61. The second-order valence-corrected chi connectivity index (χ2v) is 6.05. The van der Waals surface area contributed by atoms with Gasteiger partial charge in [-0.3, -0.25) is 9.11 Å². The summed E-state index contributed by atoms with van der Waals surface area (Å²) in [5.41, 5.74) is 0. The van der Waals surface area contributed by atoms with Crippen LogP contribution in [0.5, 0.6) is 0 Å². The molecule has 0 radical (unpaired) electrons. The van der Waals surface area contributed by atoms with E-state index < -0.39 is 45.3 Å². The Morgan fingerprint density at radius 2 is 0.947 bits per heavy atom. The van der Waals surface area contributed by atoms with Crippen molar-refractivity contribution in [3.05, 3.63) is 0 Å². The van der Waals surface area contributed by atoms with E-state index in [0.29, 0.717) is 0 Å². The van der Waals surface area contributed by atoms with E-state index in [-0.39, 0.29) is 118 Å². The maximum atomic E-state index is 9.90. The standard InChI is InChI=1S/C3H10O6P2.4Na.H2O3S/c4-10(5,6)2-1-3-11(7,8)9;;;;;1-4(2)3/h1-3H2,(H2,4,5,6)(H2,7,8,9);;;;;(H2,1,2,3)/q;4*+1;/p-4. The van der Waals surface area contributed by atoms with E-state index in [0.717, 1.165) is 0 Å². The summed E-state index contributed by atoms with van der Waals surface area (Å²) in [6.45, 7) is 0. The van der Waals surface area contributed by atoms with Gasteiger partial charge in [0.05, 0.1) is 0 Å². The van der Waals surface area contributed by atoms with Gasteiger partial charge in [-0.15, -0.1) is 0 Å². The van der Waals surface area contributed by atoms with Crippen molar-refractivity contribution in [3.8, 4) is 0 Å². The number of hydrogen-bond acceptors (Lipinski definition) is 7. The Bertz CT molecular complexity index is 265. The van der Waals surface area contributed by atoms with Crippen molar-refractivity contribution in [2.75, 3.05) is 12.3 Å². The number of hydrogen-bond donors (Lipinski definition) is 2. The first-order valence-electron chi connectivity index (χ1n) is 3.26. The van der Waals surface area contributed by atoms with Crippen molar-refractivity contribution in [1.29, 1.82) is 0 Å². The van der Waals surface area contributed by atoms with Crippen molar-refractivity contribution >= 4 is 26.6 Å². The summed E-state index contributed by atoms with van der Waals surface area (Å²) in [5.74, 6) is 0. The van der Waals surface area contributed by atoms with Crippen LogP contribution < -0.4 is 138 Å². The molecular weight excluding hydrogens is 366 g/mol. The van der Waals surface area contributed by atoms with E-state index in [1.54, 1.807) is 0 Å². The molecule has 0 aliphatic rings. The predicted molar refractivity (Wildman–Crippen MR) is 43.0 cm³/mol. The Hall–Kier alpha value is 4.37. The van der Waals surface area contributed by atoms with Gasteiger partial charge in [-0.2, -0.15) is 4.21 Å². The Morgan fingerprint density at radius 3 is 1.05 bits per heavy atom. The fourth-order valence-electron chi connectivity index (χ4n) is 0.458. The van der Waals surface area contributed by atoms with Gasteiger partial charge in [0.25, 0.3) is 11.4 Å². The fourth-order valence-corrected chi connectivity index (χ4v) is 1.80. The van der Waals surface area contributed by atoms with Crippen LogP contribution >= 0.6 is 15.2 Å². The molecule has 0 aliphatic heterocycles. The first-order chi connectivity index (χ1) is 6.44.